The minimum Gasteiger partial charge on any atom is -0.398 e. The second kappa shape index (κ2) is 5.74. The van der Waals surface area contributed by atoms with Crippen molar-refractivity contribution in [2.24, 2.45) is 0 Å². The molecule has 1 heterocycles. The first-order valence-corrected chi connectivity index (χ1v) is 7.78. The number of anilines is 2. The van der Waals surface area contributed by atoms with Crippen LogP contribution in [0.2, 0.25) is 0 Å². The van der Waals surface area contributed by atoms with Crippen LogP contribution in [0.15, 0.2) is 33.7 Å². The van der Waals surface area contributed by atoms with Gasteiger partial charge < -0.3 is 15.2 Å². The molecule has 0 aliphatic carbocycles. The standard InChI is InChI=1S/C13H18N4O3S/c1-9-6-10(16-20-9)8-17(3)11-4-5-13(12(14)7-11)21(18,19)15-2/h4-7,15H,8,14H2,1-3H3. The molecule has 0 aliphatic heterocycles. The van der Waals surface area contributed by atoms with Crippen molar-refractivity contribution in [1.82, 2.24) is 9.88 Å². The fourth-order valence-electron chi connectivity index (χ4n) is 1.95. The van der Waals surface area contributed by atoms with Gasteiger partial charge in [0.05, 0.1) is 12.2 Å². The lowest BCUT2D eigenvalue weighted by atomic mass is 10.2. The molecule has 0 atom stereocenters. The van der Waals surface area contributed by atoms with Crippen molar-refractivity contribution in [2.45, 2.75) is 18.4 Å². The molecule has 1 aromatic carbocycles. The van der Waals surface area contributed by atoms with Gasteiger partial charge in [0.1, 0.15) is 16.3 Å². The number of sulfonamides is 1. The Kier molecular flexibility index (Phi) is 4.19. The lowest BCUT2D eigenvalue weighted by Crippen LogP contribution is -2.21. The van der Waals surface area contributed by atoms with Crippen LogP contribution in [0.3, 0.4) is 0 Å². The molecule has 0 spiro atoms. The van der Waals surface area contributed by atoms with Gasteiger partial charge in [0.15, 0.2) is 0 Å². The van der Waals surface area contributed by atoms with E-state index < -0.39 is 10.0 Å². The smallest absolute Gasteiger partial charge is 0.242 e. The SMILES string of the molecule is CNS(=O)(=O)c1ccc(N(C)Cc2cc(C)on2)cc1N. The molecule has 0 fully saturated rings. The first kappa shape index (κ1) is 15.3. The second-order valence-corrected chi connectivity index (χ2v) is 6.57. The molecular formula is C13H18N4O3S. The van der Waals surface area contributed by atoms with Crippen LogP contribution in [-0.2, 0) is 16.6 Å². The zero-order valence-electron chi connectivity index (χ0n) is 12.1. The molecule has 3 N–H and O–H groups in total. The third-order valence-corrected chi connectivity index (χ3v) is 4.56. The predicted molar refractivity (Wildman–Crippen MR) is 80.4 cm³/mol. The molecule has 8 heteroatoms. The maximum atomic E-state index is 11.8. The Morgan fingerprint density at radius 1 is 1.38 bits per heavy atom. The molecule has 2 aromatic rings. The van der Waals surface area contributed by atoms with E-state index in [9.17, 15) is 8.42 Å². The minimum absolute atomic E-state index is 0.0689. The van der Waals surface area contributed by atoms with Gasteiger partial charge in [0, 0.05) is 18.8 Å². The number of nitrogens with zero attached hydrogens (tertiary/aromatic N) is 2. The molecule has 0 radical (unpaired) electrons. The number of aryl methyl sites for hydroxylation is 1. The van der Waals surface area contributed by atoms with Crippen LogP contribution < -0.4 is 15.4 Å². The van der Waals surface area contributed by atoms with Crippen LogP contribution in [-0.4, -0.2) is 27.7 Å². The largest absolute Gasteiger partial charge is 0.398 e. The number of rotatable bonds is 5. The molecule has 7 nitrogen and oxygen atoms in total. The minimum atomic E-state index is -3.55. The molecule has 0 bridgehead atoms. The molecular weight excluding hydrogens is 292 g/mol. The average Bonchev–Trinajstić information content (AvgIpc) is 2.83. The van der Waals surface area contributed by atoms with E-state index in [2.05, 4.69) is 9.88 Å². The Labute approximate surface area is 123 Å². The summed E-state index contributed by atoms with van der Waals surface area (Å²) in [5.74, 6) is 0.744. The fourth-order valence-corrected chi connectivity index (χ4v) is 2.79. The molecule has 114 valence electrons. The van der Waals surface area contributed by atoms with Gasteiger partial charge in [-0.1, -0.05) is 5.16 Å². The van der Waals surface area contributed by atoms with Gasteiger partial charge in [-0.2, -0.15) is 0 Å². The third-order valence-electron chi connectivity index (χ3n) is 3.07. The number of aromatic nitrogens is 1. The molecule has 0 unspecified atom stereocenters. The van der Waals surface area contributed by atoms with Crippen molar-refractivity contribution in [3.05, 3.63) is 35.7 Å². The summed E-state index contributed by atoms with van der Waals surface area (Å²) < 4.78 is 30.8. The Bertz CT molecular complexity index is 740. The van der Waals surface area contributed by atoms with E-state index in [4.69, 9.17) is 10.3 Å². The number of nitrogens with one attached hydrogen (secondary N) is 1. The van der Waals surface area contributed by atoms with Crippen molar-refractivity contribution >= 4 is 21.4 Å². The van der Waals surface area contributed by atoms with Crippen LogP contribution in [0.5, 0.6) is 0 Å². The normalized spacial score (nSPS) is 11.6. The molecule has 0 amide bonds. The summed E-state index contributed by atoms with van der Waals surface area (Å²) in [6.07, 6.45) is 0. The molecule has 2 rings (SSSR count). The predicted octanol–water partition coefficient (Wildman–Crippen LogP) is 1.11. The van der Waals surface area contributed by atoms with Crippen molar-refractivity contribution in [1.29, 1.82) is 0 Å². The maximum Gasteiger partial charge on any atom is 0.242 e. The monoisotopic (exact) mass is 310 g/mol. The summed E-state index contributed by atoms with van der Waals surface area (Å²) in [7, 11) is -0.333. The lowest BCUT2D eigenvalue weighted by molar-refractivity contribution is 0.390. The summed E-state index contributed by atoms with van der Waals surface area (Å²) in [6.45, 7) is 2.36. The second-order valence-electron chi connectivity index (χ2n) is 4.71. The first-order valence-electron chi connectivity index (χ1n) is 6.30. The number of nitrogens with two attached hydrogens (primary N) is 1. The van der Waals surface area contributed by atoms with E-state index in [1.807, 2.05) is 24.9 Å². The van der Waals surface area contributed by atoms with Crippen molar-refractivity contribution < 1.29 is 12.9 Å². The molecule has 0 aliphatic rings. The van der Waals surface area contributed by atoms with E-state index in [1.165, 1.54) is 13.1 Å². The van der Waals surface area contributed by atoms with Crippen LogP contribution in [0.4, 0.5) is 11.4 Å². The van der Waals surface area contributed by atoms with Crippen LogP contribution >= 0.6 is 0 Å². The number of hydrogen-bond acceptors (Lipinski definition) is 6. The Hall–Kier alpha value is -2.06. The van der Waals surface area contributed by atoms with Gasteiger partial charge in [-0.25, -0.2) is 13.1 Å². The van der Waals surface area contributed by atoms with E-state index in [-0.39, 0.29) is 10.6 Å². The van der Waals surface area contributed by atoms with Crippen LogP contribution in [0.1, 0.15) is 11.5 Å². The first-order chi connectivity index (χ1) is 9.83. The fraction of sp³-hybridized carbons (Fsp3) is 0.308. The highest BCUT2D eigenvalue weighted by Gasteiger charge is 2.16. The number of nitrogen functional groups attached to an aromatic ring is 1. The summed E-state index contributed by atoms with van der Waals surface area (Å²) in [4.78, 5) is 1.98. The van der Waals surface area contributed by atoms with E-state index in [1.54, 1.807) is 12.1 Å². The van der Waals surface area contributed by atoms with Gasteiger partial charge in [-0.3, -0.25) is 0 Å². The van der Waals surface area contributed by atoms with Gasteiger partial charge in [0.25, 0.3) is 0 Å². The lowest BCUT2D eigenvalue weighted by Gasteiger charge is -2.19. The zero-order chi connectivity index (χ0) is 15.6. The van der Waals surface area contributed by atoms with Crippen LogP contribution in [0, 0.1) is 6.92 Å². The van der Waals surface area contributed by atoms with Gasteiger partial charge in [-0.15, -0.1) is 0 Å². The Morgan fingerprint density at radius 2 is 2.10 bits per heavy atom. The van der Waals surface area contributed by atoms with Crippen LogP contribution in [0.25, 0.3) is 0 Å². The Morgan fingerprint density at radius 3 is 2.62 bits per heavy atom. The van der Waals surface area contributed by atoms with Gasteiger partial charge in [0.2, 0.25) is 10.0 Å². The van der Waals surface area contributed by atoms with E-state index >= 15 is 0 Å². The highest BCUT2D eigenvalue weighted by molar-refractivity contribution is 7.89. The Balaban J connectivity index is 2.23. The summed E-state index contributed by atoms with van der Waals surface area (Å²) in [6, 6.07) is 6.66. The van der Waals surface area contributed by atoms with Crippen molar-refractivity contribution in [3.8, 4) is 0 Å². The van der Waals surface area contributed by atoms with Gasteiger partial charge in [-0.05, 0) is 32.2 Å². The summed E-state index contributed by atoms with van der Waals surface area (Å²) >= 11 is 0. The van der Waals surface area contributed by atoms with E-state index in [0.717, 1.165) is 17.1 Å². The van der Waals surface area contributed by atoms with E-state index in [0.29, 0.717) is 6.54 Å². The van der Waals surface area contributed by atoms with Crippen molar-refractivity contribution in [3.63, 3.8) is 0 Å². The number of hydrogen-bond donors (Lipinski definition) is 2. The average molecular weight is 310 g/mol. The zero-order valence-corrected chi connectivity index (χ0v) is 12.9. The molecule has 0 saturated carbocycles. The van der Waals surface area contributed by atoms with Gasteiger partial charge >= 0.3 is 0 Å². The van der Waals surface area contributed by atoms with Crippen molar-refractivity contribution in [2.75, 3.05) is 24.7 Å². The third kappa shape index (κ3) is 3.34. The highest BCUT2D eigenvalue weighted by Crippen LogP contribution is 2.25. The summed E-state index contributed by atoms with van der Waals surface area (Å²) in [5.41, 5.74) is 7.62. The molecule has 21 heavy (non-hydrogen) atoms. The highest BCUT2D eigenvalue weighted by atomic mass is 32.2. The molecule has 0 saturated heterocycles. The summed E-state index contributed by atoms with van der Waals surface area (Å²) in [5, 5.41) is 3.92. The molecule has 1 aromatic heterocycles. The topological polar surface area (TPSA) is 101 Å². The number of benzene rings is 1. The maximum absolute atomic E-state index is 11.8. The quantitative estimate of drug-likeness (QED) is 0.802.